The van der Waals surface area contributed by atoms with E-state index in [9.17, 15) is 0 Å². The first-order valence-electron chi connectivity index (χ1n) is 6.74. The summed E-state index contributed by atoms with van der Waals surface area (Å²) in [5, 5.41) is 0. The first-order chi connectivity index (χ1) is 8.66. The summed E-state index contributed by atoms with van der Waals surface area (Å²) in [5.74, 6) is 2.10. The molecular formula is C14H20N4. The zero-order chi connectivity index (χ0) is 12.7. The van der Waals surface area contributed by atoms with Gasteiger partial charge in [0, 0.05) is 12.7 Å². The lowest BCUT2D eigenvalue weighted by atomic mass is 9.98. The zero-order valence-electron chi connectivity index (χ0n) is 11.1. The molecule has 0 amide bonds. The molecule has 4 nitrogen and oxygen atoms in total. The smallest absolute Gasteiger partial charge is 0.202 e. The maximum Gasteiger partial charge on any atom is 0.202 e. The number of nitrogen functional groups attached to an aromatic ring is 1. The van der Waals surface area contributed by atoms with E-state index in [1.807, 2.05) is 12.3 Å². The van der Waals surface area contributed by atoms with E-state index >= 15 is 0 Å². The van der Waals surface area contributed by atoms with Crippen molar-refractivity contribution in [1.82, 2.24) is 14.5 Å². The summed E-state index contributed by atoms with van der Waals surface area (Å²) in [6.07, 6.45) is 5.81. The number of aryl methyl sites for hydroxylation is 1. The third-order valence-electron chi connectivity index (χ3n) is 4.32. The fourth-order valence-corrected chi connectivity index (χ4v) is 3.06. The molecule has 1 fully saturated rings. The van der Waals surface area contributed by atoms with Crippen LogP contribution in [0.5, 0.6) is 0 Å². The molecule has 3 rings (SSSR count). The Hall–Kier alpha value is -1.58. The highest BCUT2D eigenvalue weighted by atomic mass is 15.2. The number of hydrogen-bond donors (Lipinski definition) is 1. The lowest BCUT2D eigenvalue weighted by Gasteiger charge is -2.16. The van der Waals surface area contributed by atoms with Crippen molar-refractivity contribution in [3.05, 3.63) is 17.8 Å². The number of nitrogens with two attached hydrogens (primary N) is 1. The molecule has 0 aromatic carbocycles. The third kappa shape index (κ3) is 1.76. The van der Waals surface area contributed by atoms with Crippen LogP contribution in [0.3, 0.4) is 0 Å². The second kappa shape index (κ2) is 4.26. The van der Waals surface area contributed by atoms with Crippen molar-refractivity contribution in [2.45, 2.75) is 39.7 Å². The molecule has 2 aromatic heterocycles. The van der Waals surface area contributed by atoms with E-state index in [2.05, 4.69) is 28.4 Å². The summed E-state index contributed by atoms with van der Waals surface area (Å²) >= 11 is 0. The Morgan fingerprint density at radius 3 is 3.00 bits per heavy atom. The van der Waals surface area contributed by atoms with Crippen LogP contribution in [-0.4, -0.2) is 14.5 Å². The van der Waals surface area contributed by atoms with E-state index in [0.717, 1.165) is 29.2 Å². The number of rotatable bonds is 2. The van der Waals surface area contributed by atoms with Crippen LogP contribution >= 0.6 is 0 Å². The molecule has 0 saturated heterocycles. The molecule has 96 valence electrons. The highest BCUT2D eigenvalue weighted by Gasteiger charge is 2.25. The molecule has 2 unspecified atom stereocenters. The molecule has 18 heavy (non-hydrogen) atoms. The van der Waals surface area contributed by atoms with E-state index in [4.69, 9.17) is 5.73 Å². The van der Waals surface area contributed by atoms with Crippen LogP contribution in [0.2, 0.25) is 0 Å². The van der Waals surface area contributed by atoms with Crippen LogP contribution in [0.4, 0.5) is 5.95 Å². The summed E-state index contributed by atoms with van der Waals surface area (Å²) in [5.41, 5.74) is 9.08. The largest absolute Gasteiger partial charge is 0.369 e. The quantitative estimate of drug-likeness (QED) is 0.883. The molecule has 1 aliphatic carbocycles. The van der Waals surface area contributed by atoms with Crippen molar-refractivity contribution in [2.24, 2.45) is 11.8 Å². The van der Waals surface area contributed by atoms with E-state index in [-0.39, 0.29) is 0 Å². The summed E-state index contributed by atoms with van der Waals surface area (Å²) in [6, 6.07) is 1.98. The minimum Gasteiger partial charge on any atom is -0.369 e. The van der Waals surface area contributed by atoms with Crippen molar-refractivity contribution in [1.29, 1.82) is 0 Å². The van der Waals surface area contributed by atoms with Gasteiger partial charge in [0.2, 0.25) is 5.95 Å². The minimum atomic E-state index is 0.603. The number of aromatic nitrogens is 3. The van der Waals surface area contributed by atoms with E-state index in [1.165, 1.54) is 19.3 Å². The molecule has 0 bridgehead atoms. The maximum atomic E-state index is 6.06. The number of fused-ring (bicyclic) bond motifs is 1. The van der Waals surface area contributed by atoms with Gasteiger partial charge in [0.15, 0.2) is 5.65 Å². The van der Waals surface area contributed by atoms with Gasteiger partial charge in [0.1, 0.15) is 5.52 Å². The normalized spacial score (nSPS) is 23.9. The van der Waals surface area contributed by atoms with Gasteiger partial charge in [-0.15, -0.1) is 0 Å². The number of imidazole rings is 1. The van der Waals surface area contributed by atoms with Gasteiger partial charge in [0.25, 0.3) is 0 Å². The van der Waals surface area contributed by atoms with Crippen molar-refractivity contribution in [2.75, 3.05) is 5.73 Å². The van der Waals surface area contributed by atoms with Gasteiger partial charge in [-0.1, -0.05) is 19.8 Å². The number of nitrogens with zero attached hydrogens (tertiary/aromatic N) is 3. The summed E-state index contributed by atoms with van der Waals surface area (Å²) < 4.78 is 2.09. The Morgan fingerprint density at radius 1 is 1.44 bits per heavy atom. The second-order valence-electron chi connectivity index (χ2n) is 5.55. The van der Waals surface area contributed by atoms with E-state index in [1.54, 1.807) is 0 Å². The van der Waals surface area contributed by atoms with Gasteiger partial charge in [-0.25, -0.2) is 9.97 Å². The van der Waals surface area contributed by atoms with Crippen LogP contribution in [0.1, 0.15) is 31.7 Å². The van der Waals surface area contributed by atoms with Crippen molar-refractivity contribution < 1.29 is 0 Å². The average molecular weight is 244 g/mol. The number of pyridine rings is 1. The van der Waals surface area contributed by atoms with Gasteiger partial charge in [-0.2, -0.15) is 0 Å². The molecule has 2 N–H and O–H groups in total. The lowest BCUT2D eigenvalue weighted by Crippen LogP contribution is -2.15. The fourth-order valence-electron chi connectivity index (χ4n) is 3.06. The molecule has 2 heterocycles. The van der Waals surface area contributed by atoms with E-state index in [0.29, 0.717) is 11.9 Å². The predicted octanol–water partition coefficient (Wildman–Crippen LogP) is 2.76. The summed E-state index contributed by atoms with van der Waals surface area (Å²) in [7, 11) is 0. The lowest BCUT2D eigenvalue weighted by molar-refractivity contribution is 0.369. The van der Waals surface area contributed by atoms with E-state index < -0.39 is 0 Å². The molecule has 0 aliphatic heterocycles. The SMILES string of the molecule is Cc1ccnc2c1nc(N)n2CC1CCCC1C. The molecule has 2 aromatic rings. The molecule has 0 radical (unpaired) electrons. The Labute approximate surface area is 107 Å². The molecular weight excluding hydrogens is 224 g/mol. The first-order valence-corrected chi connectivity index (χ1v) is 6.74. The molecule has 1 saturated carbocycles. The van der Waals surface area contributed by atoms with Gasteiger partial charge < -0.3 is 5.73 Å². The topological polar surface area (TPSA) is 56.7 Å². The standard InChI is InChI=1S/C14H20N4/c1-9-4-3-5-11(9)8-18-13-12(17-14(18)15)10(2)6-7-16-13/h6-7,9,11H,3-5,8H2,1-2H3,(H2,15,17). The van der Waals surface area contributed by atoms with Crippen LogP contribution < -0.4 is 5.73 Å². The molecule has 4 heteroatoms. The van der Waals surface area contributed by atoms with Crippen LogP contribution in [0, 0.1) is 18.8 Å². The van der Waals surface area contributed by atoms with Gasteiger partial charge in [-0.05, 0) is 36.8 Å². The third-order valence-corrected chi connectivity index (χ3v) is 4.32. The molecule has 0 spiro atoms. The van der Waals surface area contributed by atoms with Crippen LogP contribution in [0.25, 0.3) is 11.2 Å². The summed E-state index contributed by atoms with van der Waals surface area (Å²) in [6.45, 7) is 5.35. The van der Waals surface area contributed by atoms with Gasteiger partial charge >= 0.3 is 0 Å². The monoisotopic (exact) mass is 244 g/mol. The van der Waals surface area contributed by atoms with Gasteiger partial charge in [-0.3, -0.25) is 4.57 Å². The fraction of sp³-hybridized carbons (Fsp3) is 0.571. The Morgan fingerprint density at radius 2 is 2.28 bits per heavy atom. The first kappa shape index (κ1) is 11.5. The van der Waals surface area contributed by atoms with Crippen molar-refractivity contribution in [3.63, 3.8) is 0 Å². The Bertz CT molecular complexity index is 572. The second-order valence-corrected chi connectivity index (χ2v) is 5.55. The van der Waals surface area contributed by atoms with Crippen LogP contribution in [-0.2, 0) is 6.54 Å². The minimum absolute atomic E-state index is 0.603. The predicted molar refractivity (Wildman–Crippen MR) is 73.2 cm³/mol. The zero-order valence-corrected chi connectivity index (χ0v) is 11.1. The summed E-state index contributed by atoms with van der Waals surface area (Å²) in [4.78, 5) is 8.91. The van der Waals surface area contributed by atoms with Gasteiger partial charge in [0.05, 0.1) is 0 Å². The molecule has 1 aliphatic rings. The van der Waals surface area contributed by atoms with Crippen molar-refractivity contribution >= 4 is 17.1 Å². The number of anilines is 1. The highest BCUT2D eigenvalue weighted by molar-refractivity contribution is 5.77. The Kier molecular flexibility index (Phi) is 2.73. The van der Waals surface area contributed by atoms with Crippen LogP contribution in [0.15, 0.2) is 12.3 Å². The van der Waals surface area contributed by atoms with Crippen molar-refractivity contribution in [3.8, 4) is 0 Å². The number of hydrogen-bond acceptors (Lipinski definition) is 3. The maximum absolute atomic E-state index is 6.06. The Balaban J connectivity index is 2.01. The highest BCUT2D eigenvalue weighted by Crippen LogP contribution is 2.33. The average Bonchev–Trinajstić information content (AvgIpc) is 2.87. The molecule has 2 atom stereocenters.